The van der Waals surface area contributed by atoms with E-state index in [1.54, 1.807) is 26.0 Å². The maximum atomic E-state index is 12.6. The number of aliphatic carboxylic acids is 1. The van der Waals surface area contributed by atoms with Crippen LogP contribution >= 0.6 is 0 Å². The quantitative estimate of drug-likeness (QED) is 0.187. The molecule has 40 heavy (non-hydrogen) atoms. The van der Waals surface area contributed by atoms with Gasteiger partial charge in [0, 0.05) is 17.4 Å². The predicted octanol–water partition coefficient (Wildman–Crippen LogP) is 6.20. The smallest absolute Gasteiger partial charge is 0.347 e. The Morgan fingerprint density at radius 2 is 1.50 bits per heavy atom. The molecular weight excluding hydrogens is 510 g/mol. The monoisotopic (exact) mass is 543 g/mol. The molecule has 0 spiro atoms. The van der Waals surface area contributed by atoms with Gasteiger partial charge in [0.1, 0.15) is 30.5 Å². The van der Waals surface area contributed by atoms with E-state index in [1.807, 2.05) is 72.8 Å². The van der Waals surface area contributed by atoms with Crippen molar-refractivity contribution in [2.75, 3.05) is 6.61 Å². The Morgan fingerprint density at radius 1 is 0.825 bits per heavy atom. The maximum absolute atomic E-state index is 12.6. The van der Waals surface area contributed by atoms with Gasteiger partial charge in [0.2, 0.25) is 0 Å². The fraction of sp³-hybridized carbons (Fsp3) is 0.281. The Labute approximate surface area is 233 Å². The van der Waals surface area contributed by atoms with E-state index < -0.39 is 24.0 Å². The van der Waals surface area contributed by atoms with E-state index in [2.05, 4.69) is 4.98 Å². The number of benzene rings is 3. The number of esters is 1. The molecule has 0 radical (unpaired) electrons. The minimum absolute atomic E-state index is 0.00997. The van der Waals surface area contributed by atoms with Crippen molar-refractivity contribution in [3.8, 4) is 17.2 Å². The van der Waals surface area contributed by atoms with Crippen LogP contribution < -0.4 is 14.2 Å². The number of carbonyl (C=O) groups excluding carboxylic acids is 1. The second-order valence-corrected chi connectivity index (χ2v) is 9.19. The molecule has 0 aliphatic rings. The van der Waals surface area contributed by atoms with Crippen LogP contribution in [0.2, 0.25) is 0 Å². The highest BCUT2D eigenvalue weighted by Gasteiger charge is 2.29. The van der Waals surface area contributed by atoms with E-state index in [1.165, 1.54) is 0 Å². The van der Waals surface area contributed by atoms with E-state index in [9.17, 15) is 14.7 Å². The number of hydrogen-bond donors (Lipinski definition) is 1. The molecule has 0 saturated heterocycles. The third-order valence-electron chi connectivity index (χ3n) is 6.39. The summed E-state index contributed by atoms with van der Waals surface area (Å²) in [5.41, 5.74) is 2.48. The van der Waals surface area contributed by atoms with Crippen molar-refractivity contribution in [3.05, 3.63) is 96.2 Å². The van der Waals surface area contributed by atoms with Gasteiger partial charge in [0.05, 0.1) is 23.7 Å². The molecule has 0 saturated carbocycles. The number of ether oxygens (including phenoxy) is 4. The number of carbonyl (C=O) groups is 2. The molecular formula is C32H33NO7. The molecule has 4 rings (SSSR count). The minimum Gasteiger partial charge on any atom is -0.489 e. The van der Waals surface area contributed by atoms with Crippen LogP contribution in [0.25, 0.3) is 10.9 Å². The van der Waals surface area contributed by atoms with Crippen molar-refractivity contribution < 1.29 is 33.6 Å². The van der Waals surface area contributed by atoms with Gasteiger partial charge >= 0.3 is 11.9 Å². The predicted molar refractivity (Wildman–Crippen MR) is 150 cm³/mol. The average molecular weight is 544 g/mol. The van der Waals surface area contributed by atoms with Crippen molar-refractivity contribution in [2.45, 2.75) is 46.0 Å². The van der Waals surface area contributed by atoms with Gasteiger partial charge in [-0.25, -0.2) is 9.78 Å². The van der Waals surface area contributed by atoms with Crippen LogP contribution in [-0.4, -0.2) is 34.7 Å². The van der Waals surface area contributed by atoms with Crippen molar-refractivity contribution in [3.63, 3.8) is 0 Å². The molecule has 0 amide bonds. The molecule has 8 nitrogen and oxygen atoms in total. The molecule has 1 heterocycles. The standard InChI is InChI=1S/C32H33NO7/c1-3-22(31(34)35)19-30(32(36)37-4-2)40-29-12-8-6-10-24(29)20-38-26-15-17-27(18-16-26)39-21-25-14-13-23-9-5-7-11-28(23)33-25/h5-18,22,30H,3-4,19-21H2,1-2H3,(H,34,35). The molecule has 2 atom stereocenters. The van der Waals surface area contributed by atoms with Crippen LogP contribution in [0.1, 0.15) is 37.9 Å². The number of para-hydroxylation sites is 2. The fourth-order valence-electron chi connectivity index (χ4n) is 4.16. The lowest BCUT2D eigenvalue weighted by Gasteiger charge is -2.22. The third-order valence-corrected chi connectivity index (χ3v) is 6.39. The Balaban J connectivity index is 1.36. The molecule has 8 heteroatoms. The highest BCUT2D eigenvalue weighted by atomic mass is 16.6. The highest BCUT2D eigenvalue weighted by molar-refractivity contribution is 5.78. The molecule has 208 valence electrons. The zero-order valence-electron chi connectivity index (χ0n) is 22.6. The molecule has 0 aliphatic carbocycles. The Hall–Kier alpha value is -4.59. The van der Waals surface area contributed by atoms with Crippen LogP contribution in [-0.2, 0) is 27.5 Å². The lowest BCUT2D eigenvalue weighted by molar-refractivity contribution is -0.153. The van der Waals surface area contributed by atoms with Gasteiger partial charge in [-0.2, -0.15) is 0 Å². The molecule has 0 aliphatic heterocycles. The van der Waals surface area contributed by atoms with E-state index in [0.29, 0.717) is 35.8 Å². The van der Waals surface area contributed by atoms with Crippen LogP contribution in [0.15, 0.2) is 84.9 Å². The van der Waals surface area contributed by atoms with Crippen LogP contribution in [0.3, 0.4) is 0 Å². The first-order chi connectivity index (χ1) is 19.5. The van der Waals surface area contributed by atoms with E-state index in [0.717, 1.165) is 16.6 Å². The second kappa shape index (κ2) is 14.0. The van der Waals surface area contributed by atoms with Crippen molar-refractivity contribution in [1.29, 1.82) is 0 Å². The zero-order valence-corrected chi connectivity index (χ0v) is 22.6. The Bertz CT molecular complexity index is 1420. The normalized spacial score (nSPS) is 12.3. The van der Waals surface area contributed by atoms with Gasteiger partial charge in [-0.1, -0.05) is 49.4 Å². The van der Waals surface area contributed by atoms with Gasteiger partial charge in [-0.15, -0.1) is 0 Å². The molecule has 0 fully saturated rings. The summed E-state index contributed by atoms with van der Waals surface area (Å²) in [6.07, 6.45) is -0.663. The summed E-state index contributed by atoms with van der Waals surface area (Å²) in [5, 5.41) is 10.6. The van der Waals surface area contributed by atoms with E-state index in [-0.39, 0.29) is 19.6 Å². The van der Waals surface area contributed by atoms with Gasteiger partial charge in [-0.05, 0) is 55.8 Å². The number of carboxylic acids is 1. The van der Waals surface area contributed by atoms with Crippen LogP contribution in [0.4, 0.5) is 0 Å². The first-order valence-electron chi connectivity index (χ1n) is 13.3. The minimum atomic E-state index is -1.05. The summed E-state index contributed by atoms with van der Waals surface area (Å²) in [4.78, 5) is 28.8. The number of carboxylic acid groups (broad SMARTS) is 1. The SMILES string of the molecule is CCOC(=O)C(CC(CC)C(=O)O)Oc1ccccc1COc1ccc(OCc2ccc3ccccc3n2)cc1. The Kier molecular flexibility index (Phi) is 9.93. The van der Waals surface area contributed by atoms with E-state index >= 15 is 0 Å². The number of fused-ring (bicyclic) bond motifs is 1. The lowest BCUT2D eigenvalue weighted by Crippen LogP contribution is -2.34. The topological polar surface area (TPSA) is 104 Å². The summed E-state index contributed by atoms with van der Waals surface area (Å²) < 4.78 is 23.0. The average Bonchev–Trinajstić information content (AvgIpc) is 2.98. The number of hydrogen-bond acceptors (Lipinski definition) is 7. The van der Waals surface area contributed by atoms with Crippen molar-refractivity contribution in [2.24, 2.45) is 5.92 Å². The molecule has 3 aromatic carbocycles. The summed E-state index contributed by atoms with van der Waals surface area (Å²) in [6.45, 7) is 4.16. The van der Waals surface area contributed by atoms with Gasteiger partial charge in [0.25, 0.3) is 0 Å². The number of aromatic nitrogens is 1. The first-order valence-corrected chi connectivity index (χ1v) is 13.3. The van der Waals surface area contributed by atoms with Crippen molar-refractivity contribution in [1.82, 2.24) is 4.98 Å². The maximum Gasteiger partial charge on any atom is 0.347 e. The molecule has 1 N–H and O–H groups in total. The summed E-state index contributed by atoms with van der Waals surface area (Å²) >= 11 is 0. The first kappa shape index (κ1) is 28.4. The molecule has 4 aromatic rings. The summed E-state index contributed by atoms with van der Waals surface area (Å²) in [6, 6.07) is 26.4. The second-order valence-electron chi connectivity index (χ2n) is 9.19. The van der Waals surface area contributed by atoms with Gasteiger partial charge in [-0.3, -0.25) is 4.79 Å². The van der Waals surface area contributed by atoms with Gasteiger partial charge < -0.3 is 24.1 Å². The Morgan fingerprint density at radius 3 is 2.20 bits per heavy atom. The highest BCUT2D eigenvalue weighted by Crippen LogP contribution is 2.26. The van der Waals surface area contributed by atoms with Crippen LogP contribution in [0, 0.1) is 5.92 Å². The number of pyridine rings is 1. The summed E-state index contributed by atoms with van der Waals surface area (Å²) in [5.74, 6) is -0.540. The zero-order chi connectivity index (χ0) is 28.3. The molecule has 2 unspecified atom stereocenters. The third kappa shape index (κ3) is 7.72. The number of rotatable bonds is 14. The van der Waals surface area contributed by atoms with Crippen LogP contribution in [0.5, 0.6) is 17.2 Å². The largest absolute Gasteiger partial charge is 0.489 e. The number of nitrogens with zero attached hydrogens (tertiary/aromatic N) is 1. The fourth-order valence-corrected chi connectivity index (χ4v) is 4.16. The molecule has 1 aromatic heterocycles. The summed E-state index contributed by atoms with van der Waals surface area (Å²) in [7, 11) is 0. The van der Waals surface area contributed by atoms with Gasteiger partial charge in [0.15, 0.2) is 6.10 Å². The van der Waals surface area contributed by atoms with Crippen molar-refractivity contribution >= 4 is 22.8 Å². The lowest BCUT2D eigenvalue weighted by atomic mass is 9.99. The molecule has 0 bridgehead atoms. The van der Waals surface area contributed by atoms with E-state index in [4.69, 9.17) is 18.9 Å².